The van der Waals surface area contributed by atoms with Crippen LogP contribution in [0.3, 0.4) is 0 Å². The van der Waals surface area contributed by atoms with Crippen molar-refractivity contribution in [2.45, 2.75) is 20.0 Å². The molecule has 0 saturated carbocycles. The summed E-state index contributed by atoms with van der Waals surface area (Å²) in [4.78, 5) is 16.9. The number of carbonyl (C=O) groups is 1. The summed E-state index contributed by atoms with van der Waals surface area (Å²) in [5.74, 6) is 0.529. The third-order valence-electron chi connectivity index (χ3n) is 3.36. The van der Waals surface area contributed by atoms with E-state index in [0.717, 1.165) is 10.2 Å². The maximum atomic E-state index is 12.5. The van der Waals surface area contributed by atoms with E-state index in [-0.39, 0.29) is 12.0 Å². The highest BCUT2D eigenvalue weighted by Crippen LogP contribution is 2.37. The van der Waals surface area contributed by atoms with E-state index >= 15 is 0 Å². The van der Waals surface area contributed by atoms with Gasteiger partial charge in [0.25, 0.3) is 5.91 Å². The van der Waals surface area contributed by atoms with Gasteiger partial charge in [0.15, 0.2) is 16.6 Å². The Labute approximate surface area is 154 Å². The highest BCUT2D eigenvalue weighted by Gasteiger charge is 2.18. The second-order valence-corrected chi connectivity index (χ2v) is 7.03. The summed E-state index contributed by atoms with van der Waals surface area (Å²) >= 11 is 7.68. The van der Waals surface area contributed by atoms with Crippen LogP contribution in [0.5, 0.6) is 11.5 Å². The summed E-state index contributed by atoms with van der Waals surface area (Å²) in [5, 5.41) is 3.65. The molecule has 130 valence electrons. The van der Waals surface area contributed by atoms with Crippen molar-refractivity contribution in [2.24, 2.45) is 0 Å². The summed E-state index contributed by atoms with van der Waals surface area (Å²) in [6.45, 7) is 3.78. The van der Waals surface area contributed by atoms with Gasteiger partial charge in [-0.05, 0) is 38.1 Å². The standard InChI is InChI=1S/C18H17ClN2O3S/c1-10(2)24-16-12(19)8-11(9-14(16)23-3)17(22)21-18-20-13-6-4-5-7-15(13)25-18/h4-10H,1-3H3,(H,20,21,22). The fourth-order valence-corrected chi connectivity index (χ4v) is 3.41. The molecule has 1 heterocycles. The van der Waals surface area contributed by atoms with E-state index in [9.17, 15) is 4.79 Å². The molecule has 0 aliphatic carbocycles. The maximum absolute atomic E-state index is 12.5. The van der Waals surface area contributed by atoms with Crippen molar-refractivity contribution in [1.82, 2.24) is 4.98 Å². The number of para-hydroxylation sites is 1. The number of ether oxygens (including phenoxy) is 2. The molecule has 0 saturated heterocycles. The predicted molar refractivity (Wildman–Crippen MR) is 101 cm³/mol. The van der Waals surface area contributed by atoms with Gasteiger partial charge < -0.3 is 9.47 Å². The van der Waals surface area contributed by atoms with Crippen LogP contribution >= 0.6 is 22.9 Å². The monoisotopic (exact) mass is 376 g/mol. The Morgan fingerprint density at radius 3 is 2.72 bits per heavy atom. The zero-order valence-electron chi connectivity index (χ0n) is 14.0. The minimum atomic E-state index is -0.310. The molecule has 1 aromatic heterocycles. The SMILES string of the molecule is COc1cc(C(=O)Nc2nc3ccccc3s2)cc(Cl)c1OC(C)C. The average Bonchev–Trinajstić information content (AvgIpc) is 2.98. The topological polar surface area (TPSA) is 60.5 Å². The van der Waals surface area contributed by atoms with Crippen molar-refractivity contribution in [3.63, 3.8) is 0 Å². The van der Waals surface area contributed by atoms with Gasteiger partial charge in [-0.1, -0.05) is 35.1 Å². The van der Waals surface area contributed by atoms with Gasteiger partial charge in [-0.15, -0.1) is 0 Å². The number of hydrogen-bond donors (Lipinski definition) is 1. The number of benzene rings is 2. The van der Waals surface area contributed by atoms with Crippen LogP contribution in [-0.4, -0.2) is 24.1 Å². The molecule has 0 bridgehead atoms. The first-order chi connectivity index (χ1) is 12.0. The predicted octanol–water partition coefficient (Wildman–Crippen LogP) is 5.00. The van der Waals surface area contributed by atoms with Crippen LogP contribution in [0.4, 0.5) is 5.13 Å². The van der Waals surface area contributed by atoms with E-state index in [4.69, 9.17) is 21.1 Å². The van der Waals surface area contributed by atoms with Crippen LogP contribution in [0.25, 0.3) is 10.2 Å². The second-order valence-electron chi connectivity index (χ2n) is 5.60. The van der Waals surface area contributed by atoms with Crippen molar-refractivity contribution in [3.05, 3.63) is 47.0 Å². The smallest absolute Gasteiger partial charge is 0.257 e. The summed E-state index contributed by atoms with van der Waals surface area (Å²) in [6.07, 6.45) is -0.0613. The highest BCUT2D eigenvalue weighted by atomic mass is 35.5. The quantitative estimate of drug-likeness (QED) is 0.680. The van der Waals surface area contributed by atoms with Crippen molar-refractivity contribution < 1.29 is 14.3 Å². The Morgan fingerprint density at radius 2 is 2.04 bits per heavy atom. The molecule has 3 rings (SSSR count). The van der Waals surface area contributed by atoms with Gasteiger partial charge in [0.2, 0.25) is 0 Å². The lowest BCUT2D eigenvalue weighted by molar-refractivity contribution is 0.102. The van der Waals surface area contributed by atoms with Crippen molar-refractivity contribution in [2.75, 3.05) is 12.4 Å². The molecule has 0 aliphatic heterocycles. The molecule has 0 fully saturated rings. The molecule has 0 aliphatic rings. The lowest BCUT2D eigenvalue weighted by atomic mass is 10.2. The number of anilines is 1. The molecule has 25 heavy (non-hydrogen) atoms. The zero-order valence-corrected chi connectivity index (χ0v) is 15.6. The van der Waals surface area contributed by atoms with Crippen LogP contribution < -0.4 is 14.8 Å². The lowest BCUT2D eigenvalue weighted by Gasteiger charge is -2.16. The number of hydrogen-bond acceptors (Lipinski definition) is 5. The largest absolute Gasteiger partial charge is 0.493 e. The van der Waals surface area contributed by atoms with Gasteiger partial charge in [0.1, 0.15) is 0 Å². The van der Waals surface area contributed by atoms with Gasteiger partial charge in [-0.25, -0.2) is 4.98 Å². The Balaban J connectivity index is 1.87. The molecule has 0 radical (unpaired) electrons. The number of aromatic nitrogens is 1. The zero-order chi connectivity index (χ0) is 18.0. The van der Waals surface area contributed by atoms with E-state index in [1.165, 1.54) is 18.4 Å². The van der Waals surface area contributed by atoms with Crippen molar-refractivity contribution in [3.8, 4) is 11.5 Å². The van der Waals surface area contributed by atoms with Crippen LogP contribution in [0.15, 0.2) is 36.4 Å². The van der Waals surface area contributed by atoms with Gasteiger partial charge in [-0.3, -0.25) is 10.1 Å². The molecule has 5 nitrogen and oxygen atoms in total. The first-order valence-electron chi connectivity index (χ1n) is 7.69. The summed E-state index contributed by atoms with van der Waals surface area (Å²) < 4.78 is 12.0. The van der Waals surface area contributed by atoms with E-state index in [2.05, 4.69) is 10.3 Å². The van der Waals surface area contributed by atoms with E-state index < -0.39 is 0 Å². The fraction of sp³-hybridized carbons (Fsp3) is 0.222. The number of amides is 1. The number of rotatable bonds is 5. The van der Waals surface area contributed by atoms with Gasteiger partial charge >= 0.3 is 0 Å². The molecule has 2 aromatic carbocycles. The summed E-state index contributed by atoms with van der Waals surface area (Å²) in [7, 11) is 1.51. The van der Waals surface area contributed by atoms with Gasteiger partial charge in [0, 0.05) is 5.56 Å². The highest BCUT2D eigenvalue weighted by molar-refractivity contribution is 7.22. The first kappa shape index (κ1) is 17.5. The number of methoxy groups -OCH3 is 1. The van der Waals surface area contributed by atoms with Gasteiger partial charge in [-0.2, -0.15) is 0 Å². The third-order valence-corrected chi connectivity index (χ3v) is 4.59. The number of thiazole rings is 1. The molecule has 1 amide bonds. The summed E-state index contributed by atoms with van der Waals surface area (Å²) in [6, 6.07) is 10.9. The third kappa shape index (κ3) is 3.86. The minimum absolute atomic E-state index is 0.0613. The minimum Gasteiger partial charge on any atom is -0.493 e. The normalized spacial score (nSPS) is 10.9. The van der Waals surface area contributed by atoms with Crippen molar-refractivity contribution >= 4 is 44.2 Å². The number of nitrogens with one attached hydrogen (secondary N) is 1. The maximum Gasteiger partial charge on any atom is 0.257 e. The second kappa shape index (κ2) is 7.29. The molecule has 0 spiro atoms. The molecule has 3 aromatic rings. The lowest BCUT2D eigenvalue weighted by Crippen LogP contribution is -2.13. The Morgan fingerprint density at radius 1 is 1.28 bits per heavy atom. The van der Waals surface area contributed by atoms with Crippen LogP contribution in [0, 0.1) is 0 Å². The number of nitrogens with zero attached hydrogens (tertiary/aromatic N) is 1. The molecular weight excluding hydrogens is 360 g/mol. The van der Waals surface area contributed by atoms with Gasteiger partial charge in [0.05, 0.1) is 28.5 Å². The number of halogens is 1. The van der Waals surface area contributed by atoms with Crippen molar-refractivity contribution in [1.29, 1.82) is 0 Å². The first-order valence-corrected chi connectivity index (χ1v) is 8.88. The average molecular weight is 377 g/mol. The number of carbonyl (C=O) groups excluding carboxylic acids is 1. The van der Waals surface area contributed by atoms with Crippen LogP contribution in [0.2, 0.25) is 5.02 Å². The Kier molecular flexibility index (Phi) is 5.11. The van der Waals surface area contributed by atoms with E-state index in [1.807, 2.05) is 38.1 Å². The summed E-state index contributed by atoms with van der Waals surface area (Å²) in [5.41, 5.74) is 1.22. The molecule has 7 heteroatoms. The molecule has 1 N–H and O–H groups in total. The molecule has 0 unspecified atom stereocenters. The molecule has 0 atom stereocenters. The Hall–Kier alpha value is -2.31. The van der Waals surface area contributed by atoms with Crippen LogP contribution in [0.1, 0.15) is 24.2 Å². The van der Waals surface area contributed by atoms with Crippen LogP contribution in [-0.2, 0) is 0 Å². The fourth-order valence-electron chi connectivity index (χ4n) is 2.30. The molecular formula is C18H17ClN2O3S. The number of fused-ring (bicyclic) bond motifs is 1. The van der Waals surface area contributed by atoms with E-state index in [1.54, 1.807) is 12.1 Å². The Bertz CT molecular complexity index is 891. The van der Waals surface area contributed by atoms with E-state index in [0.29, 0.717) is 27.2 Å².